The first-order chi connectivity index (χ1) is 13.8. The number of benzene rings is 3. The molecule has 1 aromatic heterocycles. The maximum absolute atomic E-state index is 12.6. The molecule has 1 aliphatic heterocycles. The van der Waals surface area contributed by atoms with Crippen molar-refractivity contribution in [2.24, 2.45) is 0 Å². The molecule has 2 heterocycles. The molecule has 1 fully saturated rings. The lowest BCUT2D eigenvalue weighted by Gasteiger charge is -2.28. The number of amides is 1. The van der Waals surface area contributed by atoms with Crippen LogP contribution in [0, 0.1) is 0 Å². The Morgan fingerprint density at radius 2 is 1.61 bits per heavy atom. The van der Waals surface area contributed by atoms with E-state index in [0.29, 0.717) is 11.3 Å². The third-order valence-electron chi connectivity index (χ3n) is 5.14. The molecule has 0 spiro atoms. The Morgan fingerprint density at radius 3 is 2.43 bits per heavy atom. The third kappa shape index (κ3) is 3.10. The summed E-state index contributed by atoms with van der Waals surface area (Å²) in [6.07, 6.45) is 0. The molecule has 0 bridgehead atoms. The molecule has 1 aliphatic rings. The van der Waals surface area contributed by atoms with Crippen molar-refractivity contribution in [1.29, 1.82) is 0 Å². The highest BCUT2D eigenvalue weighted by Crippen LogP contribution is 2.30. The lowest BCUT2D eigenvalue weighted by atomic mass is 10.1. The number of carbonyl (C=O) groups excluding carboxylic acids is 1. The van der Waals surface area contributed by atoms with E-state index in [1.807, 2.05) is 66.7 Å². The fourth-order valence-corrected chi connectivity index (χ4v) is 3.65. The summed E-state index contributed by atoms with van der Waals surface area (Å²) in [5.41, 5.74) is 4.07. The van der Waals surface area contributed by atoms with Crippen molar-refractivity contribution in [2.75, 3.05) is 36.5 Å². The van der Waals surface area contributed by atoms with Gasteiger partial charge in [0.05, 0.1) is 13.2 Å². The van der Waals surface area contributed by atoms with E-state index in [1.54, 1.807) is 0 Å². The molecule has 4 aromatic rings. The normalized spacial score (nSPS) is 14.5. The Labute approximate surface area is 162 Å². The zero-order valence-corrected chi connectivity index (χ0v) is 15.4. The average Bonchev–Trinajstić information content (AvgIpc) is 3.12. The van der Waals surface area contributed by atoms with Gasteiger partial charge in [0.15, 0.2) is 0 Å². The number of rotatable bonds is 3. The van der Waals surface area contributed by atoms with E-state index in [1.165, 1.54) is 0 Å². The molecule has 0 atom stereocenters. The zero-order valence-electron chi connectivity index (χ0n) is 15.4. The van der Waals surface area contributed by atoms with Crippen LogP contribution in [0.5, 0.6) is 0 Å². The minimum atomic E-state index is -0.135. The van der Waals surface area contributed by atoms with Crippen LogP contribution in [0.3, 0.4) is 0 Å². The molecule has 1 saturated heterocycles. The SMILES string of the molecule is O=C(Nc1ccc2c(c1)oc1ccccc12)c1ccc(N2CCOCC2)cc1. The highest BCUT2D eigenvalue weighted by molar-refractivity contribution is 6.08. The highest BCUT2D eigenvalue weighted by atomic mass is 16.5. The minimum Gasteiger partial charge on any atom is -0.456 e. The zero-order chi connectivity index (χ0) is 18.9. The number of hydrogen-bond donors (Lipinski definition) is 1. The van der Waals surface area contributed by atoms with Gasteiger partial charge >= 0.3 is 0 Å². The number of hydrogen-bond acceptors (Lipinski definition) is 4. The highest BCUT2D eigenvalue weighted by Gasteiger charge is 2.13. The third-order valence-corrected chi connectivity index (χ3v) is 5.14. The van der Waals surface area contributed by atoms with Crippen LogP contribution < -0.4 is 10.2 Å². The van der Waals surface area contributed by atoms with Crippen LogP contribution in [0.15, 0.2) is 71.1 Å². The summed E-state index contributed by atoms with van der Waals surface area (Å²) in [6, 6.07) is 21.4. The second kappa shape index (κ2) is 7.02. The molecule has 0 radical (unpaired) electrons. The molecular formula is C23H20N2O3. The molecule has 1 amide bonds. The van der Waals surface area contributed by atoms with E-state index >= 15 is 0 Å². The molecule has 5 nitrogen and oxygen atoms in total. The second-order valence-electron chi connectivity index (χ2n) is 6.91. The number of fused-ring (bicyclic) bond motifs is 3. The van der Waals surface area contributed by atoms with Crippen molar-refractivity contribution < 1.29 is 13.9 Å². The summed E-state index contributed by atoms with van der Waals surface area (Å²) < 4.78 is 11.3. The first kappa shape index (κ1) is 16.8. The number of ether oxygens (including phenoxy) is 1. The van der Waals surface area contributed by atoms with Gasteiger partial charge in [-0.1, -0.05) is 18.2 Å². The van der Waals surface area contributed by atoms with E-state index < -0.39 is 0 Å². The van der Waals surface area contributed by atoms with Crippen molar-refractivity contribution in [3.63, 3.8) is 0 Å². The molecule has 0 saturated carbocycles. The van der Waals surface area contributed by atoms with Crippen LogP contribution in [-0.4, -0.2) is 32.2 Å². The Hall–Kier alpha value is -3.31. The predicted molar refractivity (Wildman–Crippen MR) is 111 cm³/mol. The largest absolute Gasteiger partial charge is 0.456 e. The topological polar surface area (TPSA) is 54.7 Å². The van der Waals surface area contributed by atoms with E-state index in [9.17, 15) is 4.79 Å². The monoisotopic (exact) mass is 372 g/mol. The predicted octanol–water partition coefficient (Wildman–Crippen LogP) is 4.67. The van der Waals surface area contributed by atoms with Crippen molar-refractivity contribution in [3.05, 3.63) is 72.3 Å². The van der Waals surface area contributed by atoms with Crippen LogP contribution >= 0.6 is 0 Å². The first-order valence-corrected chi connectivity index (χ1v) is 9.43. The summed E-state index contributed by atoms with van der Waals surface area (Å²) in [6.45, 7) is 3.24. The molecule has 0 unspecified atom stereocenters. The Balaban J connectivity index is 1.35. The van der Waals surface area contributed by atoms with Gasteiger partial charge in [-0.05, 0) is 42.5 Å². The summed E-state index contributed by atoms with van der Waals surface area (Å²) in [5.74, 6) is -0.135. The molecule has 5 rings (SSSR count). The molecule has 0 aliphatic carbocycles. The number of furan rings is 1. The van der Waals surface area contributed by atoms with Gasteiger partial charge in [-0.15, -0.1) is 0 Å². The van der Waals surface area contributed by atoms with Crippen LogP contribution in [-0.2, 0) is 4.74 Å². The van der Waals surface area contributed by atoms with Crippen LogP contribution in [0.1, 0.15) is 10.4 Å². The van der Waals surface area contributed by atoms with Gasteiger partial charge in [-0.3, -0.25) is 4.79 Å². The Morgan fingerprint density at radius 1 is 0.857 bits per heavy atom. The molecule has 1 N–H and O–H groups in total. The Kier molecular flexibility index (Phi) is 4.22. The van der Waals surface area contributed by atoms with Crippen LogP contribution in [0.4, 0.5) is 11.4 Å². The van der Waals surface area contributed by atoms with Gasteiger partial charge in [0.1, 0.15) is 11.2 Å². The number of para-hydroxylation sites is 1. The number of morpholine rings is 1. The van der Waals surface area contributed by atoms with Crippen LogP contribution in [0.25, 0.3) is 21.9 Å². The molecule has 28 heavy (non-hydrogen) atoms. The van der Waals surface area contributed by atoms with Crippen molar-refractivity contribution in [2.45, 2.75) is 0 Å². The smallest absolute Gasteiger partial charge is 0.255 e. The van der Waals surface area contributed by atoms with E-state index in [-0.39, 0.29) is 5.91 Å². The summed E-state index contributed by atoms with van der Waals surface area (Å²) in [7, 11) is 0. The number of anilines is 2. The maximum Gasteiger partial charge on any atom is 0.255 e. The van der Waals surface area contributed by atoms with Gasteiger partial charge in [-0.2, -0.15) is 0 Å². The van der Waals surface area contributed by atoms with Crippen molar-refractivity contribution in [1.82, 2.24) is 0 Å². The van der Waals surface area contributed by atoms with E-state index in [4.69, 9.17) is 9.15 Å². The van der Waals surface area contributed by atoms with Gasteiger partial charge < -0.3 is 19.4 Å². The van der Waals surface area contributed by atoms with E-state index in [0.717, 1.165) is 53.9 Å². The summed E-state index contributed by atoms with van der Waals surface area (Å²) in [4.78, 5) is 14.9. The molecular weight excluding hydrogens is 352 g/mol. The van der Waals surface area contributed by atoms with Gasteiger partial charge in [0.2, 0.25) is 0 Å². The summed E-state index contributed by atoms with van der Waals surface area (Å²) in [5, 5.41) is 5.08. The fourth-order valence-electron chi connectivity index (χ4n) is 3.65. The fraction of sp³-hybridized carbons (Fsp3) is 0.174. The van der Waals surface area contributed by atoms with E-state index in [2.05, 4.69) is 10.2 Å². The maximum atomic E-state index is 12.6. The number of nitrogens with zero attached hydrogens (tertiary/aromatic N) is 1. The standard InChI is InChI=1S/C23H20N2O3/c26-23(16-5-8-18(9-6-16)25-11-13-27-14-12-25)24-17-7-10-20-19-3-1-2-4-21(19)28-22(20)15-17/h1-10,15H,11-14H2,(H,24,26). The van der Waals surface area contributed by atoms with Crippen LogP contribution in [0.2, 0.25) is 0 Å². The minimum absolute atomic E-state index is 0.135. The molecule has 140 valence electrons. The molecule has 5 heteroatoms. The Bertz CT molecular complexity index is 1140. The van der Waals surface area contributed by atoms with Crippen molar-refractivity contribution in [3.8, 4) is 0 Å². The lowest BCUT2D eigenvalue weighted by Crippen LogP contribution is -2.36. The second-order valence-corrected chi connectivity index (χ2v) is 6.91. The van der Waals surface area contributed by atoms with Gasteiger partial charge in [0.25, 0.3) is 5.91 Å². The van der Waals surface area contributed by atoms with Gasteiger partial charge in [0, 0.05) is 46.9 Å². The average molecular weight is 372 g/mol. The van der Waals surface area contributed by atoms with Crippen molar-refractivity contribution >= 4 is 39.2 Å². The number of nitrogens with one attached hydrogen (secondary N) is 1. The van der Waals surface area contributed by atoms with Gasteiger partial charge in [-0.25, -0.2) is 0 Å². The quantitative estimate of drug-likeness (QED) is 0.568. The summed E-state index contributed by atoms with van der Waals surface area (Å²) >= 11 is 0. The number of carbonyl (C=O) groups is 1. The lowest BCUT2D eigenvalue weighted by molar-refractivity contribution is 0.102. The first-order valence-electron chi connectivity index (χ1n) is 9.43. The molecule has 3 aromatic carbocycles.